The lowest BCUT2D eigenvalue weighted by molar-refractivity contribution is 0.325. The van der Waals surface area contributed by atoms with Gasteiger partial charge in [0.05, 0.1) is 12.5 Å². The molecule has 12 heavy (non-hydrogen) atoms. The van der Waals surface area contributed by atoms with Gasteiger partial charge in [0.1, 0.15) is 5.60 Å². The highest BCUT2D eigenvalue weighted by molar-refractivity contribution is 6.18. The predicted molar refractivity (Wildman–Crippen MR) is 49.5 cm³/mol. The maximum Gasteiger partial charge on any atom is 0.109 e. The van der Waals surface area contributed by atoms with Crippen molar-refractivity contribution in [1.82, 2.24) is 0 Å². The van der Waals surface area contributed by atoms with Crippen LogP contribution in [0.2, 0.25) is 0 Å². The van der Waals surface area contributed by atoms with Gasteiger partial charge in [-0.15, -0.1) is 11.6 Å². The fourth-order valence-electron chi connectivity index (χ4n) is 1.30. The van der Waals surface area contributed by atoms with Crippen LogP contribution in [-0.4, -0.2) is 18.1 Å². The van der Waals surface area contributed by atoms with E-state index in [1.54, 1.807) is 0 Å². The van der Waals surface area contributed by atoms with Gasteiger partial charge < -0.3 is 4.74 Å². The Kier molecular flexibility index (Phi) is 2.07. The molecule has 64 valence electrons. The number of benzene rings is 1. The van der Waals surface area contributed by atoms with Crippen molar-refractivity contribution >= 4 is 11.6 Å². The highest BCUT2D eigenvalue weighted by Gasteiger charge is 2.43. The van der Waals surface area contributed by atoms with Gasteiger partial charge >= 0.3 is 0 Å². The van der Waals surface area contributed by atoms with Gasteiger partial charge in [-0.25, -0.2) is 0 Å². The van der Waals surface area contributed by atoms with E-state index in [1.165, 1.54) is 5.56 Å². The molecule has 1 aliphatic heterocycles. The second-order valence-electron chi connectivity index (χ2n) is 3.27. The lowest BCUT2D eigenvalue weighted by Crippen LogP contribution is -2.16. The van der Waals surface area contributed by atoms with Gasteiger partial charge in [0, 0.05) is 6.42 Å². The highest BCUT2D eigenvalue weighted by Crippen LogP contribution is 2.32. The van der Waals surface area contributed by atoms with Crippen LogP contribution in [0.15, 0.2) is 30.3 Å². The van der Waals surface area contributed by atoms with Crippen LogP contribution in [-0.2, 0) is 11.2 Å². The molecule has 1 aromatic rings. The molecule has 1 aromatic carbocycles. The molecule has 1 aliphatic rings. The summed E-state index contributed by atoms with van der Waals surface area (Å²) in [5.41, 5.74) is 1.26. The molecule has 0 amide bonds. The second kappa shape index (κ2) is 3.08. The first-order valence-corrected chi connectivity index (χ1v) is 4.62. The summed E-state index contributed by atoms with van der Waals surface area (Å²) >= 11 is 5.78. The van der Waals surface area contributed by atoms with Gasteiger partial charge in [-0.05, 0) is 5.56 Å². The lowest BCUT2D eigenvalue weighted by Gasteiger charge is -2.06. The molecule has 0 radical (unpaired) electrons. The topological polar surface area (TPSA) is 12.5 Å². The molecular formula is C10H11ClO. The van der Waals surface area contributed by atoms with Crippen LogP contribution in [0.3, 0.4) is 0 Å². The van der Waals surface area contributed by atoms with Crippen molar-refractivity contribution in [2.24, 2.45) is 0 Å². The molecular weight excluding hydrogens is 172 g/mol. The third-order valence-electron chi connectivity index (χ3n) is 2.17. The standard InChI is InChI=1S/C10H11ClO/c11-7-10(8-12-10)6-9-4-2-1-3-5-9/h1-5H,6-8H2. The lowest BCUT2D eigenvalue weighted by atomic mass is 10.0. The first-order valence-electron chi connectivity index (χ1n) is 4.08. The predicted octanol–water partition coefficient (Wildman–Crippen LogP) is 2.24. The Morgan fingerprint density at radius 3 is 2.50 bits per heavy atom. The third-order valence-corrected chi connectivity index (χ3v) is 2.65. The van der Waals surface area contributed by atoms with E-state index in [0.29, 0.717) is 5.88 Å². The first-order chi connectivity index (χ1) is 5.85. The fraction of sp³-hybridized carbons (Fsp3) is 0.400. The van der Waals surface area contributed by atoms with Crippen molar-refractivity contribution in [3.8, 4) is 0 Å². The molecule has 0 bridgehead atoms. The van der Waals surface area contributed by atoms with Gasteiger partial charge in [0.25, 0.3) is 0 Å². The normalized spacial score (nSPS) is 27.1. The molecule has 0 aromatic heterocycles. The van der Waals surface area contributed by atoms with Crippen molar-refractivity contribution in [3.63, 3.8) is 0 Å². The number of hydrogen-bond donors (Lipinski definition) is 0. The molecule has 2 heteroatoms. The molecule has 1 unspecified atom stereocenters. The third kappa shape index (κ3) is 1.62. The molecule has 2 rings (SSSR count). The minimum atomic E-state index is -0.0388. The van der Waals surface area contributed by atoms with Gasteiger partial charge in [-0.1, -0.05) is 30.3 Å². The van der Waals surface area contributed by atoms with Crippen molar-refractivity contribution in [2.45, 2.75) is 12.0 Å². The number of epoxide rings is 1. The molecule has 1 fully saturated rings. The van der Waals surface area contributed by atoms with E-state index in [-0.39, 0.29) is 5.60 Å². The van der Waals surface area contributed by atoms with E-state index in [1.807, 2.05) is 18.2 Å². The van der Waals surface area contributed by atoms with E-state index in [0.717, 1.165) is 13.0 Å². The maximum atomic E-state index is 5.78. The summed E-state index contributed by atoms with van der Waals surface area (Å²) in [5.74, 6) is 0.599. The van der Waals surface area contributed by atoms with E-state index < -0.39 is 0 Å². The second-order valence-corrected chi connectivity index (χ2v) is 3.53. The zero-order chi connectivity index (χ0) is 8.44. The molecule has 1 nitrogen and oxygen atoms in total. The van der Waals surface area contributed by atoms with Crippen LogP contribution in [0.4, 0.5) is 0 Å². The molecule has 0 N–H and O–H groups in total. The Bertz CT molecular complexity index is 254. The van der Waals surface area contributed by atoms with Crippen LogP contribution < -0.4 is 0 Å². The molecule has 1 heterocycles. The number of rotatable bonds is 3. The van der Waals surface area contributed by atoms with Crippen molar-refractivity contribution in [2.75, 3.05) is 12.5 Å². The maximum absolute atomic E-state index is 5.78. The van der Waals surface area contributed by atoms with E-state index in [4.69, 9.17) is 16.3 Å². The first kappa shape index (κ1) is 8.09. The van der Waals surface area contributed by atoms with Crippen LogP contribution in [0, 0.1) is 0 Å². The van der Waals surface area contributed by atoms with Crippen LogP contribution in [0.25, 0.3) is 0 Å². The quantitative estimate of drug-likeness (QED) is 0.516. The molecule has 0 spiro atoms. The van der Waals surface area contributed by atoms with Gasteiger partial charge in [-0.2, -0.15) is 0 Å². The zero-order valence-electron chi connectivity index (χ0n) is 6.79. The Morgan fingerprint density at radius 1 is 1.33 bits per heavy atom. The number of halogens is 1. The summed E-state index contributed by atoms with van der Waals surface area (Å²) in [4.78, 5) is 0. The van der Waals surface area contributed by atoms with E-state index >= 15 is 0 Å². The Labute approximate surface area is 77.3 Å². The van der Waals surface area contributed by atoms with Crippen molar-refractivity contribution in [1.29, 1.82) is 0 Å². The Morgan fingerprint density at radius 2 is 2.00 bits per heavy atom. The molecule has 1 saturated heterocycles. The van der Waals surface area contributed by atoms with E-state index in [9.17, 15) is 0 Å². The van der Waals surface area contributed by atoms with Gasteiger partial charge in [0.2, 0.25) is 0 Å². The summed E-state index contributed by atoms with van der Waals surface area (Å²) in [6, 6.07) is 10.3. The summed E-state index contributed by atoms with van der Waals surface area (Å²) in [5, 5.41) is 0. The van der Waals surface area contributed by atoms with Crippen LogP contribution >= 0.6 is 11.6 Å². The summed E-state index contributed by atoms with van der Waals surface area (Å²) in [6.07, 6.45) is 0.942. The number of alkyl halides is 1. The monoisotopic (exact) mass is 182 g/mol. The fourth-order valence-corrected chi connectivity index (χ4v) is 1.55. The summed E-state index contributed by atoms with van der Waals surface area (Å²) < 4.78 is 5.32. The number of hydrogen-bond acceptors (Lipinski definition) is 1. The van der Waals surface area contributed by atoms with E-state index in [2.05, 4.69) is 12.1 Å². The molecule has 0 saturated carbocycles. The minimum Gasteiger partial charge on any atom is -0.368 e. The van der Waals surface area contributed by atoms with Crippen molar-refractivity contribution < 1.29 is 4.74 Å². The molecule has 1 atom stereocenters. The minimum absolute atomic E-state index is 0.0388. The van der Waals surface area contributed by atoms with Crippen molar-refractivity contribution in [3.05, 3.63) is 35.9 Å². The molecule has 0 aliphatic carbocycles. The summed E-state index contributed by atoms with van der Waals surface area (Å²) in [7, 11) is 0. The summed E-state index contributed by atoms with van der Waals surface area (Å²) in [6.45, 7) is 0.811. The van der Waals surface area contributed by atoms with Gasteiger partial charge in [-0.3, -0.25) is 0 Å². The Balaban J connectivity index is 2.04. The average molecular weight is 183 g/mol. The zero-order valence-corrected chi connectivity index (χ0v) is 7.55. The van der Waals surface area contributed by atoms with Crippen LogP contribution in [0.5, 0.6) is 0 Å². The van der Waals surface area contributed by atoms with Crippen LogP contribution in [0.1, 0.15) is 5.56 Å². The number of ether oxygens (including phenoxy) is 1. The Hall–Kier alpha value is -0.530. The highest BCUT2D eigenvalue weighted by atomic mass is 35.5. The largest absolute Gasteiger partial charge is 0.368 e. The smallest absolute Gasteiger partial charge is 0.109 e. The van der Waals surface area contributed by atoms with Gasteiger partial charge in [0.15, 0.2) is 0 Å². The SMILES string of the molecule is ClCC1(Cc2ccccc2)CO1. The average Bonchev–Trinajstić information content (AvgIpc) is 2.88.